The van der Waals surface area contributed by atoms with Crippen LogP contribution in [0.1, 0.15) is 10.4 Å². The second-order valence-corrected chi connectivity index (χ2v) is 4.47. The predicted molar refractivity (Wildman–Crippen MR) is 62.1 cm³/mol. The van der Waals surface area contributed by atoms with Crippen LogP contribution in [0.15, 0.2) is 22.7 Å². The number of hydrogen-bond donors (Lipinski definition) is 0. The topological polar surface area (TPSA) is 20.3 Å². The zero-order chi connectivity index (χ0) is 12.3. The molecule has 0 aliphatic rings. The van der Waals surface area contributed by atoms with E-state index in [4.69, 9.17) is 11.6 Å². The van der Waals surface area contributed by atoms with Crippen molar-refractivity contribution in [3.05, 3.63) is 33.3 Å². The Labute approximate surface area is 105 Å². The molecule has 2 nitrogen and oxygen atoms in total. The van der Waals surface area contributed by atoms with Gasteiger partial charge in [-0.05, 0) is 34.1 Å². The standard InChI is InChI=1S/C10H9BrClF2NO/c1-15(5-9(13)14)10(16)6-2-3-8(12)7(11)4-6/h2-4,9H,5H2,1H3. The average Bonchev–Trinajstić information content (AvgIpc) is 2.20. The van der Waals surface area contributed by atoms with Crippen LogP contribution in [-0.4, -0.2) is 30.8 Å². The first-order chi connectivity index (χ1) is 7.41. The highest BCUT2D eigenvalue weighted by atomic mass is 79.9. The van der Waals surface area contributed by atoms with Crippen LogP contribution >= 0.6 is 27.5 Å². The van der Waals surface area contributed by atoms with E-state index in [0.29, 0.717) is 15.1 Å². The molecule has 0 fully saturated rings. The Morgan fingerprint density at radius 1 is 1.56 bits per heavy atom. The van der Waals surface area contributed by atoms with Crippen molar-refractivity contribution in [1.82, 2.24) is 4.90 Å². The van der Waals surface area contributed by atoms with E-state index in [1.165, 1.54) is 25.2 Å². The number of carbonyl (C=O) groups excluding carboxylic acids is 1. The first-order valence-corrected chi connectivity index (χ1v) is 5.57. The molecule has 1 amide bonds. The van der Waals surface area contributed by atoms with Crippen molar-refractivity contribution in [2.45, 2.75) is 6.43 Å². The van der Waals surface area contributed by atoms with Crippen molar-refractivity contribution >= 4 is 33.4 Å². The van der Waals surface area contributed by atoms with Gasteiger partial charge in [-0.2, -0.15) is 0 Å². The molecule has 1 aromatic rings. The lowest BCUT2D eigenvalue weighted by Crippen LogP contribution is -2.31. The van der Waals surface area contributed by atoms with Gasteiger partial charge >= 0.3 is 0 Å². The summed E-state index contributed by atoms with van der Waals surface area (Å²) in [5.74, 6) is -0.460. The summed E-state index contributed by atoms with van der Waals surface area (Å²) in [5, 5.41) is 0.466. The number of nitrogens with zero attached hydrogens (tertiary/aromatic N) is 1. The third-order valence-corrected chi connectivity index (χ3v) is 3.14. The van der Waals surface area contributed by atoms with Crippen LogP contribution in [0, 0.1) is 0 Å². The van der Waals surface area contributed by atoms with Crippen LogP contribution in [0.4, 0.5) is 8.78 Å². The molecule has 1 aromatic carbocycles. The van der Waals surface area contributed by atoms with Gasteiger partial charge in [0.1, 0.15) is 0 Å². The number of halogens is 4. The molecule has 0 atom stereocenters. The molecule has 0 heterocycles. The Morgan fingerprint density at radius 2 is 2.19 bits per heavy atom. The number of rotatable bonds is 3. The zero-order valence-electron chi connectivity index (χ0n) is 8.38. The van der Waals surface area contributed by atoms with Crippen molar-refractivity contribution in [2.24, 2.45) is 0 Å². The summed E-state index contributed by atoms with van der Waals surface area (Å²) in [4.78, 5) is 12.6. The minimum Gasteiger partial charge on any atom is -0.336 e. The summed E-state index contributed by atoms with van der Waals surface area (Å²) < 4.78 is 24.7. The van der Waals surface area contributed by atoms with E-state index in [2.05, 4.69) is 15.9 Å². The van der Waals surface area contributed by atoms with Gasteiger partial charge in [-0.25, -0.2) is 8.78 Å². The highest BCUT2D eigenvalue weighted by Crippen LogP contribution is 2.23. The van der Waals surface area contributed by atoms with Gasteiger partial charge in [0.15, 0.2) is 0 Å². The molecule has 6 heteroatoms. The first-order valence-electron chi connectivity index (χ1n) is 4.40. The molecule has 0 spiro atoms. The van der Waals surface area contributed by atoms with Gasteiger partial charge in [-0.15, -0.1) is 0 Å². The normalized spacial score (nSPS) is 10.6. The quantitative estimate of drug-likeness (QED) is 0.837. The maximum absolute atomic E-state index is 12.1. The lowest BCUT2D eigenvalue weighted by atomic mass is 10.2. The van der Waals surface area contributed by atoms with Crippen LogP contribution in [-0.2, 0) is 0 Å². The van der Waals surface area contributed by atoms with Crippen molar-refractivity contribution in [3.8, 4) is 0 Å². The Bertz CT molecular complexity index is 400. The van der Waals surface area contributed by atoms with Gasteiger partial charge < -0.3 is 4.90 Å². The van der Waals surface area contributed by atoms with Crippen LogP contribution < -0.4 is 0 Å². The minimum atomic E-state index is -2.54. The third-order valence-electron chi connectivity index (χ3n) is 1.93. The Balaban J connectivity index is 2.84. The van der Waals surface area contributed by atoms with Gasteiger partial charge in [0.25, 0.3) is 12.3 Å². The van der Waals surface area contributed by atoms with Crippen molar-refractivity contribution in [3.63, 3.8) is 0 Å². The molecular formula is C10H9BrClF2NO. The summed E-state index contributed by atoms with van der Waals surface area (Å²) in [6.45, 7) is -0.584. The molecule has 0 unspecified atom stereocenters. The molecule has 0 aliphatic heterocycles. The monoisotopic (exact) mass is 311 g/mol. The number of alkyl halides is 2. The summed E-state index contributed by atoms with van der Waals surface area (Å²) in [5.41, 5.74) is 0.319. The maximum Gasteiger partial charge on any atom is 0.255 e. The number of hydrogen-bond acceptors (Lipinski definition) is 1. The average molecular weight is 313 g/mol. The second-order valence-electron chi connectivity index (χ2n) is 3.21. The van der Waals surface area contributed by atoms with Gasteiger partial charge in [0, 0.05) is 17.1 Å². The fraction of sp³-hybridized carbons (Fsp3) is 0.300. The second kappa shape index (κ2) is 5.59. The van der Waals surface area contributed by atoms with Crippen molar-refractivity contribution < 1.29 is 13.6 Å². The van der Waals surface area contributed by atoms with Crippen LogP contribution in [0.3, 0.4) is 0 Å². The molecule has 0 N–H and O–H groups in total. The van der Waals surface area contributed by atoms with Crippen molar-refractivity contribution in [1.29, 1.82) is 0 Å². The molecule has 0 aliphatic carbocycles. The van der Waals surface area contributed by atoms with E-state index in [1.54, 1.807) is 0 Å². The molecule has 0 aromatic heterocycles. The van der Waals surface area contributed by atoms with Crippen LogP contribution in [0.5, 0.6) is 0 Å². The van der Waals surface area contributed by atoms with E-state index < -0.39 is 18.9 Å². The molecule has 16 heavy (non-hydrogen) atoms. The molecule has 0 radical (unpaired) electrons. The molecule has 1 rings (SSSR count). The summed E-state index contributed by atoms with van der Waals surface area (Å²) >= 11 is 8.92. The van der Waals surface area contributed by atoms with E-state index in [0.717, 1.165) is 4.90 Å². The van der Waals surface area contributed by atoms with Gasteiger partial charge in [0.05, 0.1) is 11.6 Å². The molecule has 88 valence electrons. The van der Waals surface area contributed by atoms with E-state index in [-0.39, 0.29) is 0 Å². The van der Waals surface area contributed by atoms with Crippen molar-refractivity contribution in [2.75, 3.05) is 13.6 Å². The number of amides is 1. The molecule has 0 saturated heterocycles. The lowest BCUT2D eigenvalue weighted by Gasteiger charge is -2.16. The summed E-state index contributed by atoms with van der Waals surface area (Å²) in [6, 6.07) is 4.54. The first kappa shape index (κ1) is 13.4. The Kier molecular flexibility index (Phi) is 4.68. The fourth-order valence-corrected chi connectivity index (χ4v) is 1.64. The number of carbonyl (C=O) groups is 1. The maximum atomic E-state index is 12.1. The SMILES string of the molecule is CN(CC(F)F)C(=O)c1ccc(Cl)c(Br)c1. The highest BCUT2D eigenvalue weighted by Gasteiger charge is 2.16. The summed E-state index contributed by atoms with van der Waals surface area (Å²) in [7, 11) is 1.33. The van der Waals surface area contributed by atoms with Gasteiger partial charge in [-0.3, -0.25) is 4.79 Å². The molecule has 0 saturated carbocycles. The lowest BCUT2D eigenvalue weighted by molar-refractivity contribution is 0.0620. The largest absolute Gasteiger partial charge is 0.336 e. The van der Waals surface area contributed by atoms with Gasteiger partial charge in [-0.1, -0.05) is 11.6 Å². The predicted octanol–water partition coefficient (Wildman–Crippen LogP) is 3.44. The molecule has 0 bridgehead atoms. The highest BCUT2D eigenvalue weighted by molar-refractivity contribution is 9.10. The Morgan fingerprint density at radius 3 is 2.69 bits per heavy atom. The minimum absolute atomic E-state index is 0.319. The van der Waals surface area contributed by atoms with E-state index >= 15 is 0 Å². The third kappa shape index (κ3) is 3.42. The zero-order valence-corrected chi connectivity index (χ0v) is 10.7. The smallest absolute Gasteiger partial charge is 0.255 e. The van der Waals surface area contributed by atoms with Crippen LogP contribution in [0.25, 0.3) is 0 Å². The summed E-state index contributed by atoms with van der Waals surface area (Å²) in [6.07, 6.45) is -2.54. The van der Waals surface area contributed by atoms with E-state index in [9.17, 15) is 13.6 Å². The fourth-order valence-electron chi connectivity index (χ4n) is 1.14. The van der Waals surface area contributed by atoms with Gasteiger partial charge in [0.2, 0.25) is 0 Å². The van der Waals surface area contributed by atoms with E-state index in [1.807, 2.05) is 0 Å². The Hall–Kier alpha value is -0.680. The molecular weight excluding hydrogens is 303 g/mol. The van der Waals surface area contributed by atoms with Crippen LogP contribution in [0.2, 0.25) is 5.02 Å². The number of benzene rings is 1.